The molecule has 3 aromatic rings. The van der Waals surface area contributed by atoms with E-state index in [0.29, 0.717) is 41.4 Å². The molecule has 0 N–H and O–H groups in total. The van der Waals surface area contributed by atoms with E-state index in [2.05, 4.69) is 0 Å². The van der Waals surface area contributed by atoms with Crippen molar-refractivity contribution in [1.82, 2.24) is 0 Å². The van der Waals surface area contributed by atoms with Crippen molar-refractivity contribution in [2.45, 2.75) is 45.8 Å². The van der Waals surface area contributed by atoms with E-state index < -0.39 is 24.1 Å². The number of fused-ring (bicyclic) bond motifs is 1. The SMILES string of the molecule is COc1cc(OC)c2c(c1)O[C@H](c1ccccc1)[C@H](OC(=O)c1ccc(OC(C)=O)c(CC=C(C)C)c1)C2. The van der Waals surface area contributed by atoms with E-state index in [1.54, 1.807) is 38.5 Å². The molecule has 1 heterocycles. The normalized spacial score (nSPS) is 15.9. The van der Waals surface area contributed by atoms with Gasteiger partial charge in [0.1, 0.15) is 29.1 Å². The van der Waals surface area contributed by atoms with Crippen molar-refractivity contribution >= 4 is 11.9 Å². The molecule has 0 saturated heterocycles. The van der Waals surface area contributed by atoms with Crippen molar-refractivity contribution in [3.63, 3.8) is 0 Å². The van der Waals surface area contributed by atoms with Gasteiger partial charge in [0.05, 0.1) is 19.8 Å². The first kappa shape index (κ1) is 26.8. The molecule has 3 aromatic carbocycles. The van der Waals surface area contributed by atoms with Crippen LogP contribution in [0.1, 0.15) is 53.9 Å². The van der Waals surface area contributed by atoms with Crippen molar-refractivity contribution in [1.29, 1.82) is 0 Å². The Labute approximate surface area is 222 Å². The van der Waals surface area contributed by atoms with Crippen molar-refractivity contribution in [2.24, 2.45) is 0 Å². The van der Waals surface area contributed by atoms with Crippen LogP contribution in [0.3, 0.4) is 0 Å². The van der Waals surface area contributed by atoms with E-state index in [4.69, 9.17) is 23.7 Å². The number of carbonyl (C=O) groups is 2. The van der Waals surface area contributed by atoms with Crippen LogP contribution in [0.4, 0.5) is 0 Å². The highest BCUT2D eigenvalue weighted by Gasteiger charge is 2.36. The fourth-order valence-electron chi connectivity index (χ4n) is 4.39. The Kier molecular flexibility index (Phi) is 8.36. The average Bonchev–Trinajstić information content (AvgIpc) is 2.91. The number of methoxy groups -OCH3 is 2. The summed E-state index contributed by atoms with van der Waals surface area (Å²) < 4.78 is 28.8. The lowest BCUT2D eigenvalue weighted by atomic mass is 9.93. The lowest BCUT2D eigenvalue weighted by Gasteiger charge is -2.34. The molecule has 198 valence electrons. The van der Waals surface area contributed by atoms with E-state index >= 15 is 0 Å². The molecule has 0 aromatic heterocycles. The van der Waals surface area contributed by atoms with Crippen LogP contribution in [0.5, 0.6) is 23.0 Å². The van der Waals surface area contributed by atoms with Gasteiger partial charge in [0.15, 0.2) is 6.10 Å². The topological polar surface area (TPSA) is 80.3 Å². The number of carbonyl (C=O) groups excluding carboxylic acids is 2. The molecule has 0 bridgehead atoms. The quantitative estimate of drug-likeness (QED) is 0.205. The summed E-state index contributed by atoms with van der Waals surface area (Å²) in [5, 5.41) is 0. The zero-order chi connectivity index (χ0) is 27.2. The van der Waals surface area contributed by atoms with Crippen molar-refractivity contribution in [2.75, 3.05) is 14.2 Å². The Hall–Kier alpha value is -4.26. The molecule has 0 radical (unpaired) electrons. The van der Waals surface area contributed by atoms with Crippen LogP contribution < -0.4 is 18.9 Å². The largest absolute Gasteiger partial charge is 0.496 e. The second-order valence-electron chi connectivity index (χ2n) is 9.31. The molecule has 7 nitrogen and oxygen atoms in total. The number of hydrogen-bond acceptors (Lipinski definition) is 7. The van der Waals surface area contributed by atoms with Gasteiger partial charge >= 0.3 is 11.9 Å². The highest BCUT2D eigenvalue weighted by molar-refractivity contribution is 5.90. The summed E-state index contributed by atoms with van der Waals surface area (Å²) in [6.07, 6.45) is 1.76. The molecule has 38 heavy (non-hydrogen) atoms. The van der Waals surface area contributed by atoms with Gasteiger partial charge in [-0.05, 0) is 49.6 Å². The molecule has 0 unspecified atom stereocenters. The molecule has 4 rings (SSSR count). The van der Waals surface area contributed by atoms with E-state index in [1.165, 1.54) is 6.92 Å². The minimum absolute atomic E-state index is 0.359. The Morgan fingerprint density at radius 2 is 1.71 bits per heavy atom. The number of ether oxygens (including phenoxy) is 5. The summed E-state index contributed by atoms with van der Waals surface area (Å²) in [4.78, 5) is 25.0. The Morgan fingerprint density at radius 1 is 0.947 bits per heavy atom. The molecule has 1 aliphatic heterocycles. The summed E-state index contributed by atoms with van der Waals surface area (Å²) in [7, 11) is 3.17. The van der Waals surface area contributed by atoms with Crippen LogP contribution in [0.25, 0.3) is 0 Å². The molecule has 0 spiro atoms. The van der Waals surface area contributed by atoms with Gasteiger partial charge in [-0.25, -0.2) is 4.79 Å². The van der Waals surface area contributed by atoms with Crippen molar-refractivity contribution in [3.05, 3.63) is 94.6 Å². The number of hydrogen-bond donors (Lipinski definition) is 0. The van der Waals surface area contributed by atoms with Crippen LogP contribution in [-0.2, 0) is 22.4 Å². The molecule has 0 aliphatic carbocycles. The second-order valence-corrected chi connectivity index (χ2v) is 9.31. The Balaban J connectivity index is 1.67. The van der Waals surface area contributed by atoms with Crippen LogP contribution >= 0.6 is 0 Å². The highest BCUT2D eigenvalue weighted by Crippen LogP contribution is 2.43. The van der Waals surface area contributed by atoms with Gasteiger partial charge in [0, 0.05) is 31.0 Å². The third-order valence-electron chi connectivity index (χ3n) is 6.26. The van der Waals surface area contributed by atoms with Crippen molar-refractivity contribution < 1.29 is 33.3 Å². The molecule has 7 heteroatoms. The van der Waals surface area contributed by atoms with Crippen molar-refractivity contribution in [3.8, 4) is 23.0 Å². The van der Waals surface area contributed by atoms with Gasteiger partial charge in [-0.3, -0.25) is 4.79 Å². The second kappa shape index (κ2) is 11.9. The maximum Gasteiger partial charge on any atom is 0.338 e. The van der Waals surface area contributed by atoms with Gasteiger partial charge in [-0.2, -0.15) is 0 Å². The summed E-state index contributed by atoms with van der Waals surface area (Å²) in [5.74, 6) is 1.33. The maximum atomic E-state index is 13.4. The Bertz CT molecular complexity index is 1340. The van der Waals surface area contributed by atoms with Gasteiger partial charge in [0.25, 0.3) is 0 Å². The molecule has 0 fully saturated rings. The van der Waals surface area contributed by atoms with Gasteiger partial charge in [0.2, 0.25) is 0 Å². The number of allylic oxidation sites excluding steroid dienone is 2. The molecule has 0 amide bonds. The zero-order valence-electron chi connectivity index (χ0n) is 22.3. The predicted molar refractivity (Wildman–Crippen MR) is 143 cm³/mol. The van der Waals surface area contributed by atoms with E-state index in [-0.39, 0.29) is 0 Å². The molecule has 1 aliphatic rings. The fourth-order valence-corrected chi connectivity index (χ4v) is 4.39. The number of esters is 2. The minimum atomic E-state index is -0.617. The summed E-state index contributed by atoms with van der Waals surface area (Å²) in [5.41, 5.74) is 3.87. The molecule has 2 atom stereocenters. The van der Waals surface area contributed by atoms with Gasteiger partial charge in [-0.15, -0.1) is 0 Å². The standard InChI is InChI=1S/C31H32O7/c1-19(2)11-12-22-15-23(13-14-26(22)36-20(3)32)31(33)38-29-18-25-27(35-5)16-24(34-4)17-28(25)37-30(29)21-9-7-6-8-10-21/h6-11,13-17,29-30H,12,18H2,1-5H3/t29-,30-/m1/s1. The third kappa shape index (κ3) is 6.17. The maximum absolute atomic E-state index is 13.4. The smallest absolute Gasteiger partial charge is 0.338 e. The fraction of sp³-hybridized carbons (Fsp3) is 0.290. The minimum Gasteiger partial charge on any atom is -0.496 e. The summed E-state index contributed by atoms with van der Waals surface area (Å²) in [6, 6.07) is 18.2. The molecule has 0 saturated carbocycles. The number of benzene rings is 3. The lowest BCUT2D eigenvalue weighted by Crippen LogP contribution is -2.35. The monoisotopic (exact) mass is 516 g/mol. The van der Waals surface area contributed by atoms with Gasteiger partial charge < -0.3 is 23.7 Å². The van der Waals surface area contributed by atoms with E-state index in [1.807, 2.05) is 56.3 Å². The first-order chi connectivity index (χ1) is 18.3. The van der Waals surface area contributed by atoms with Crippen LogP contribution in [0.2, 0.25) is 0 Å². The van der Waals surface area contributed by atoms with Crippen LogP contribution in [0.15, 0.2) is 72.3 Å². The number of rotatable bonds is 8. The molecular weight excluding hydrogens is 484 g/mol. The average molecular weight is 517 g/mol. The molecular formula is C31H32O7. The highest BCUT2D eigenvalue weighted by atomic mass is 16.6. The van der Waals surface area contributed by atoms with E-state index in [0.717, 1.165) is 22.3 Å². The first-order valence-corrected chi connectivity index (χ1v) is 12.4. The van der Waals surface area contributed by atoms with E-state index in [9.17, 15) is 9.59 Å². The summed E-state index contributed by atoms with van der Waals surface area (Å²) >= 11 is 0. The zero-order valence-corrected chi connectivity index (χ0v) is 22.3. The third-order valence-corrected chi connectivity index (χ3v) is 6.26. The Morgan fingerprint density at radius 3 is 2.37 bits per heavy atom. The summed E-state index contributed by atoms with van der Waals surface area (Å²) in [6.45, 7) is 5.32. The van der Waals surface area contributed by atoms with Gasteiger partial charge in [-0.1, -0.05) is 42.0 Å². The predicted octanol–water partition coefficient (Wildman–Crippen LogP) is 6.04. The van der Waals surface area contributed by atoms with Crippen LogP contribution in [0, 0.1) is 0 Å². The lowest BCUT2D eigenvalue weighted by molar-refractivity contribution is -0.131. The van der Waals surface area contributed by atoms with Crippen LogP contribution in [-0.4, -0.2) is 32.3 Å². The first-order valence-electron chi connectivity index (χ1n) is 12.4.